The Hall–Kier alpha value is -3.34. The largest absolute Gasteiger partial charge is 0.502 e. The number of aromatic carboxylic acids is 1. The van der Waals surface area contributed by atoms with Gasteiger partial charge in [-0.25, -0.2) is 13.2 Å². The Balaban J connectivity index is 2.48. The van der Waals surface area contributed by atoms with Crippen LogP contribution in [0.3, 0.4) is 0 Å². The Morgan fingerprint density at radius 3 is 2.48 bits per heavy atom. The van der Waals surface area contributed by atoms with E-state index in [4.69, 9.17) is 4.74 Å². The fraction of sp³-hybridized carbons (Fsp3) is 0.0714. The Morgan fingerprint density at radius 2 is 1.92 bits per heavy atom. The van der Waals surface area contributed by atoms with Crippen LogP contribution >= 0.6 is 0 Å². The Kier molecular flexibility index (Phi) is 4.79. The van der Waals surface area contributed by atoms with E-state index in [1.807, 2.05) is 0 Å². The van der Waals surface area contributed by atoms with Crippen LogP contribution in [0, 0.1) is 10.1 Å². The van der Waals surface area contributed by atoms with E-state index < -0.39 is 37.2 Å². The minimum Gasteiger partial charge on any atom is -0.502 e. The second-order valence-electron chi connectivity index (χ2n) is 4.73. The summed E-state index contributed by atoms with van der Waals surface area (Å²) in [6.45, 7) is 0. The van der Waals surface area contributed by atoms with Gasteiger partial charge in [0.15, 0.2) is 5.75 Å². The maximum absolute atomic E-state index is 12.4. The van der Waals surface area contributed by atoms with Gasteiger partial charge in [-0.15, -0.1) is 0 Å². The summed E-state index contributed by atoms with van der Waals surface area (Å²) >= 11 is 0. The normalized spacial score (nSPS) is 10.9. The molecule has 0 fully saturated rings. The van der Waals surface area contributed by atoms with E-state index in [2.05, 4.69) is 4.72 Å². The van der Waals surface area contributed by atoms with Gasteiger partial charge in [-0.05, 0) is 30.3 Å². The number of carboxylic acids is 1. The second-order valence-corrected chi connectivity index (χ2v) is 6.41. The van der Waals surface area contributed by atoms with Crippen molar-refractivity contribution in [3.05, 3.63) is 52.1 Å². The first-order valence-electron chi connectivity index (χ1n) is 6.57. The highest BCUT2D eigenvalue weighted by Crippen LogP contribution is 2.30. The van der Waals surface area contributed by atoms with E-state index >= 15 is 0 Å². The molecule has 2 aromatic carbocycles. The molecular formula is C14H12N2O8S. The number of nitrogens with zero attached hydrogens (tertiary/aromatic N) is 1. The molecule has 0 atom stereocenters. The molecule has 11 heteroatoms. The van der Waals surface area contributed by atoms with Crippen molar-refractivity contribution in [3.8, 4) is 11.5 Å². The van der Waals surface area contributed by atoms with Crippen molar-refractivity contribution in [2.45, 2.75) is 4.90 Å². The molecule has 0 saturated carbocycles. The van der Waals surface area contributed by atoms with Gasteiger partial charge in [0.25, 0.3) is 10.0 Å². The number of rotatable bonds is 6. The van der Waals surface area contributed by atoms with Gasteiger partial charge in [0.05, 0.1) is 28.2 Å². The number of carboxylic acid groups (broad SMARTS) is 1. The lowest BCUT2D eigenvalue weighted by Crippen LogP contribution is -2.16. The topological polar surface area (TPSA) is 156 Å². The van der Waals surface area contributed by atoms with Crippen molar-refractivity contribution < 1.29 is 33.1 Å². The number of nitrogens with one attached hydrogen (secondary N) is 1. The molecule has 2 aromatic rings. The monoisotopic (exact) mass is 368 g/mol. The van der Waals surface area contributed by atoms with E-state index in [1.165, 1.54) is 19.2 Å². The van der Waals surface area contributed by atoms with Gasteiger partial charge in [0.1, 0.15) is 5.75 Å². The highest BCUT2D eigenvalue weighted by atomic mass is 32.2. The van der Waals surface area contributed by atoms with Crippen LogP contribution in [0.15, 0.2) is 41.3 Å². The second kappa shape index (κ2) is 6.65. The average molecular weight is 368 g/mol. The van der Waals surface area contributed by atoms with Crippen molar-refractivity contribution in [1.29, 1.82) is 0 Å². The summed E-state index contributed by atoms with van der Waals surface area (Å²) in [5.41, 5.74) is -1.41. The molecule has 0 aliphatic heterocycles. The number of nitro benzene ring substituents is 1. The highest BCUT2D eigenvalue weighted by molar-refractivity contribution is 7.92. The summed E-state index contributed by atoms with van der Waals surface area (Å²) in [6, 6.07) is 6.15. The quantitative estimate of drug-likeness (QED) is 0.515. The third-order valence-electron chi connectivity index (χ3n) is 3.16. The third-order valence-corrected chi connectivity index (χ3v) is 4.52. The molecule has 3 N–H and O–H groups in total. The van der Waals surface area contributed by atoms with E-state index in [-0.39, 0.29) is 17.0 Å². The molecule has 0 spiro atoms. The fourth-order valence-electron chi connectivity index (χ4n) is 1.94. The van der Waals surface area contributed by atoms with Crippen molar-refractivity contribution in [2.75, 3.05) is 11.8 Å². The zero-order valence-corrected chi connectivity index (χ0v) is 13.5. The van der Waals surface area contributed by atoms with Crippen molar-refractivity contribution in [2.24, 2.45) is 0 Å². The first-order chi connectivity index (χ1) is 11.7. The van der Waals surface area contributed by atoms with Crippen LogP contribution in [0.2, 0.25) is 0 Å². The number of aromatic hydroxyl groups is 1. The molecule has 25 heavy (non-hydrogen) atoms. The van der Waals surface area contributed by atoms with Gasteiger partial charge in [0, 0.05) is 6.07 Å². The molecule has 10 nitrogen and oxygen atoms in total. The number of sulfonamides is 1. The van der Waals surface area contributed by atoms with Gasteiger partial charge in [0.2, 0.25) is 0 Å². The summed E-state index contributed by atoms with van der Waals surface area (Å²) in [6.07, 6.45) is 0. The summed E-state index contributed by atoms with van der Waals surface area (Å²) in [4.78, 5) is 20.6. The van der Waals surface area contributed by atoms with Crippen LogP contribution in [-0.2, 0) is 10.0 Å². The molecule has 0 heterocycles. The molecule has 0 bridgehead atoms. The minimum absolute atomic E-state index is 0.209. The number of hydrogen-bond acceptors (Lipinski definition) is 7. The lowest BCUT2D eigenvalue weighted by Gasteiger charge is -2.12. The van der Waals surface area contributed by atoms with Crippen molar-refractivity contribution in [3.63, 3.8) is 0 Å². The van der Waals surface area contributed by atoms with Crippen LogP contribution in [0.4, 0.5) is 11.4 Å². The Morgan fingerprint density at radius 1 is 1.24 bits per heavy atom. The smallest absolute Gasteiger partial charge is 0.337 e. The van der Waals surface area contributed by atoms with Gasteiger partial charge in [-0.2, -0.15) is 0 Å². The summed E-state index contributed by atoms with van der Waals surface area (Å²) < 4.78 is 31.7. The molecule has 0 aliphatic carbocycles. The lowest BCUT2D eigenvalue weighted by molar-refractivity contribution is -0.386. The van der Waals surface area contributed by atoms with Crippen LogP contribution in [0.5, 0.6) is 11.5 Å². The van der Waals surface area contributed by atoms with Gasteiger partial charge in [-0.3, -0.25) is 14.8 Å². The molecule has 0 unspecified atom stereocenters. The van der Waals surface area contributed by atoms with E-state index in [1.54, 1.807) is 0 Å². The third kappa shape index (κ3) is 3.77. The maximum Gasteiger partial charge on any atom is 0.337 e. The molecule has 0 amide bonds. The first-order valence-corrected chi connectivity index (χ1v) is 8.05. The standard InChI is InChI=1S/C14H12N2O8S/c1-24-8-2-4-11(10(6-8)14(18)19)15-25(22,23)9-3-5-13(17)12(7-9)16(20)21/h2-7,15,17H,1H3,(H,18,19). The van der Waals surface area contributed by atoms with Crippen molar-refractivity contribution in [1.82, 2.24) is 0 Å². The van der Waals surface area contributed by atoms with Gasteiger partial charge >= 0.3 is 11.7 Å². The number of hydrogen-bond donors (Lipinski definition) is 3. The zero-order valence-electron chi connectivity index (χ0n) is 12.7. The number of anilines is 1. The molecular weight excluding hydrogens is 356 g/mol. The van der Waals surface area contributed by atoms with Crippen LogP contribution in [-0.4, -0.2) is 36.6 Å². The predicted octanol–water partition coefficient (Wildman–Crippen LogP) is 1.81. The number of phenols is 1. The average Bonchev–Trinajstić information content (AvgIpc) is 2.54. The van der Waals surface area contributed by atoms with Crippen molar-refractivity contribution >= 4 is 27.4 Å². The maximum atomic E-state index is 12.4. The molecule has 132 valence electrons. The first kappa shape index (κ1) is 18.0. The highest BCUT2D eigenvalue weighted by Gasteiger charge is 2.23. The number of phenolic OH excluding ortho intramolecular Hbond substituents is 1. The van der Waals surface area contributed by atoms with Crippen LogP contribution < -0.4 is 9.46 Å². The molecule has 0 saturated heterocycles. The summed E-state index contributed by atoms with van der Waals surface area (Å²) in [5.74, 6) is -1.88. The molecule has 2 rings (SSSR count). The predicted molar refractivity (Wildman–Crippen MR) is 85.5 cm³/mol. The number of methoxy groups -OCH3 is 1. The van der Waals surface area contributed by atoms with E-state index in [9.17, 15) is 33.5 Å². The van der Waals surface area contributed by atoms with E-state index in [0.29, 0.717) is 6.07 Å². The minimum atomic E-state index is -4.33. The molecule has 0 aromatic heterocycles. The number of carbonyl (C=O) groups is 1. The Bertz CT molecular complexity index is 955. The molecule has 0 aliphatic rings. The molecule has 0 radical (unpaired) electrons. The lowest BCUT2D eigenvalue weighted by atomic mass is 10.2. The van der Waals surface area contributed by atoms with E-state index in [0.717, 1.165) is 18.2 Å². The SMILES string of the molecule is COc1ccc(NS(=O)(=O)c2ccc(O)c([N+](=O)[O-])c2)c(C(=O)O)c1. The summed E-state index contributed by atoms with van der Waals surface area (Å²) in [5, 5.41) is 29.4. The Labute approximate surface area is 141 Å². The van der Waals surface area contributed by atoms with Crippen LogP contribution in [0.25, 0.3) is 0 Å². The number of ether oxygens (including phenoxy) is 1. The number of benzene rings is 2. The summed E-state index contributed by atoms with van der Waals surface area (Å²) in [7, 11) is -3.01. The van der Waals surface area contributed by atoms with Gasteiger partial charge < -0.3 is 14.9 Å². The van der Waals surface area contributed by atoms with Crippen LogP contribution in [0.1, 0.15) is 10.4 Å². The van der Waals surface area contributed by atoms with Gasteiger partial charge in [-0.1, -0.05) is 0 Å². The number of nitro groups is 1. The zero-order chi connectivity index (χ0) is 18.8. The fourth-order valence-corrected chi connectivity index (χ4v) is 3.04.